The minimum atomic E-state index is -0.0324. The van der Waals surface area contributed by atoms with E-state index in [0.717, 1.165) is 23.5 Å². The van der Waals surface area contributed by atoms with E-state index in [0.29, 0.717) is 12.5 Å². The van der Waals surface area contributed by atoms with Gasteiger partial charge >= 0.3 is 0 Å². The lowest BCUT2D eigenvalue weighted by Gasteiger charge is -2.15. The number of rotatable bonds is 6. The highest BCUT2D eigenvalue weighted by atomic mass is 16.5. The minimum Gasteiger partial charge on any atom is -0.497 e. The number of benzene rings is 1. The van der Waals surface area contributed by atoms with E-state index in [-0.39, 0.29) is 6.04 Å². The summed E-state index contributed by atoms with van der Waals surface area (Å²) >= 11 is 0. The van der Waals surface area contributed by atoms with E-state index in [1.54, 1.807) is 7.11 Å². The van der Waals surface area contributed by atoms with Gasteiger partial charge in [-0.2, -0.15) is 0 Å². The topological polar surface area (TPSA) is 44.5 Å². The fraction of sp³-hybridized carbons (Fsp3) is 0.571. The van der Waals surface area contributed by atoms with E-state index < -0.39 is 0 Å². The van der Waals surface area contributed by atoms with Gasteiger partial charge in [0.1, 0.15) is 11.5 Å². The summed E-state index contributed by atoms with van der Waals surface area (Å²) in [5, 5.41) is 0. The Labute approximate surface area is 104 Å². The van der Waals surface area contributed by atoms with Gasteiger partial charge in [-0.3, -0.25) is 0 Å². The third kappa shape index (κ3) is 4.27. The molecular weight excluding hydrogens is 214 g/mol. The van der Waals surface area contributed by atoms with Crippen molar-refractivity contribution in [3.05, 3.63) is 23.8 Å². The molecule has 0 aliphatic carbocycles. The van der Waals surface area contributed by atoms with Crippen LogP contribution in [0.15, 0.2) is 18.2 Å². The standard InChI is InChI=1S/C14H23NO2/c1-10(2)7-8-17-14-9-12(16-4)5-6-13(14)11(3)15/h5-6,9-11H,7-8,15H2,1-4H3/t11-/m1/s1. The van der Waals surface area contributed by atoms with Gasteiger partial charge in [0, 0.05) is 17.7 Å². The molecule has 0 spiro atoms. The van der Waals surface area contributed by atoms with Crippen LogP contribution in [0.1, 0.15) is 38.8 Å². The number of methoxy groups -OCH3 is 1. The van der Waals surface area contributed by atoms with E-state index in [1.807, 2.05) is 25.1 Å². The third-order valence-corrected chi connectivity index (χ3v) is 2.66. The van der Waals surface area contributed by atoms with Crippen LogP contribution in [0.4, 0.5) is 0 Å². The summed E-state index contributed by atoms with van der Waals surface area (Å²) in [5.41, 5.74) is 6.94. The first-order valence-electron chi connectivity index (χ1n) is 6.11. The largest absolute Gasteiger partial charge is 0.497 e. The monoisotopic (exact) mass is 237 g/mol. The number of hydrogen-bond acceptors (Lipinski definition) is 3. The fourth-order valence-corrected chi connectivity index (χ4v) is 1.55. The lowest BCUT2D eigenvalue weighted by atomic mass is 10.1. The molecule has 0 radical (unpaired) electrons. The van der Waals surface area contributed by atoms with Gasteiger partial charge in [0.2, 0.25) is 0 Å². The van der Waals surface area contributed by atoms with Gasteiger partial charge in [-0.05, 0) is 25.3 Å². The van der Waals surface area contributed by atoms with Gasteiger partial charge in [-0.1, -0.05) is 19.9 Å². The SMILES string of the molecule is COc1ccc([C@@H](C)N)c(OCCC(C)C)c1. The summed E-state index contributed by atoms with van der Waals surface area (Å²) in [5.74, 6) is 2.27. The van der Waals surface area contributed by atoms with Crippen LogP contribution in [0.2, 0.25) is 0 Å². The van der Waals surface area contributed by atoms with Crippen molar-refractivity contribution in [3.8, 4) is 11.5 Å². The highest BCUT2D eigenvalue weighted by Gasteiger charge is 2.09. The first-order chi connectivity index (χ1) is 8.04. The fourth-order valence-electron chi connectivity index (χ4n) is 1.55. The molecule has 3 heteroatoms. The maximum atomic E-state index is 5.92. The molecule has 96 valence electrons. The molecule has 1 rings (SSSR count). The van der Waals surface area contributed by atoms with Crippen LogP contribution in [-0.4, -0.2) is 13.7 Å². The molecule has 0 bridgehead atoms. The second-order valence-electron chi connectivity index (χ2n) is 4.72. The highest BCUT2D eigenvalue weighted by molar-refractivity contribution is 5.42. The molecule has 0 aromatic heterocycles. The van der Waals surface area contributed by atoms with Crippen LogP contribution in [0.3, 0.4) is 0 Å². The molecule has 0 heterocycles. The Morgan fingerprint density at radius 2 is 1.94 bits per heavy atom. The smallest absolute Gasteiger partial charge is 0.127 e. The predicted octanol–water partition coefficient (Wildman–Crippen LogP) is 3.14. The van der Waals surface area contributed by atoms with Crippen molar-refractivity contribution in [2.24, 2.45) is 11.7 Å². The summed E-state index contributed by atoms with van der Waals surface area (Å²) in [4.78, 5) is 0. The molecule has 0 aliphatic rings. The number of nitrogens with two attached hydrogens (primary N) is 1. The molecular formula is C14H23NO2. The second kappa shape index (κ2) is 6.50. The number of ether oxygens (including phenoxy) is 2. The Bertz CT molecular complexity index is 348. The second-order valence-corrected chi connectivity index (χ2v) is 4.72. The third-order valence-electron chi connectivity index (χ3n) is 2.66. The summed E-state index contributed by atoms with van der Waals surface area (Å²) in [7, 11) is 1.65. The normalized spacial score (nSPS) is 12.6. The average molecular weight is 237 g/mol. The molecule has 0 saturated carbocycles. The van der Waals surface area contributed by atoms with Gasteiger partial charge in [-0.25, -0.2) is 0 Å². The van der Waals surface area contributed by atoms with Gasteiger partial charge in [-0.15, -0.1) is 0 Å². The predicted molar refractivity (Wildman–Crippen MR) is 70.5 cm³/mol. The molecule has 0 aliphatic heterocycles. The molecule has 0 saturated heterocycles. The molecule has 1 atom stereocenters. The van der Waals surface area contributed by atoms with Crippen molar-refractivity contribution >= 4 is 0 Å². The zero-order chi connectivity index (χ0) is 12.8. The van der Waals surface area contributed by atoms with E-state index in [1.165, 1.54) is 0 Å². The van der Waals surface area contributed by atoms with Crippen LogP contribution >= 0.6 is 0 Å². The van der Waals surface area contributed by atoms with Crippen LogP contribution in [0, 0.1) is 5.92 Å². The molecule has 0 fully saturated rings. The van der Waals surface area contributed by atoms with E-state index in [4.69, 9.17) is 15.2 Å². The van der Waals surface area contributed by atoms with Crippen molar-refractivity contribution in [2.45, 2.75) is 33.2 Å². The van der Waals surface area contributed by atoms with Crippen LogP contribution < -0.4 is 15.2 Å². The Kier molecular flexibility index (Phi) is 5.29. The summed E-state index contributed by atoms with van der Waals surface area (Å²) in [6.07, 6.45) is 1.04. The van der Waals surface area contributed by atoms with Gasteiger partial charge in [0.25, 0.3) is 0 Å². The summed E-state index contributed by atoms with van der Waals surface area (Å²) in [6, 6.07) is 5.75. The van der Waals surface area contributed by atoms with Crippen molar-refractivity contribution in [1.82, 2.24) is 0 Å². The van der Waals surface area contributed by atoms with Crippen molar-refractivity contribution in [3.63, 3.8) is 0 Å². The van der Waals surface area contributed by atoms with E-state index in [9.17, 15) is 0 Å². The van der Waals surface area contributed by atoms with Gasteiger partial charge in [0.15, 0.2) is 0 Å². The molecule has 3 nitrogen and oxygen atoms in total. The van der Waals surface area contributed by atoms with Crippen LogP contribution in [0.25, 0.3) is 0 Å². The Hall–Kier alpha value is -1.22. The lowest BCUT2D eigenvalue weighted by Crippen LogP contribution is -2.09. The summed E-state index contributed by atoms with van der Waals surface area (Å²) < 4.78 is 11.0. The Balaban J connectivity index is 2.78. The quantitative estimate of drug-likeness (QED) is 0.826. The van der Waals surface area contributed by atoms with Crippen molar-refractivity contribution in [1.29, 1.82) is 0 Å². The zero-order valence-electron chi connectivity index (χ0n) is 11.2. The first-order valence-corrected chi connectivity index (χ1v) is 6.11. The van der Waals surface area contributed by atoms with E-state index >= 15 is 0 Å². The van der Waals surface area contributed by atoms with Crippen LogP contribution in [0.5, 0.6) is 11.5 Å². The maximum Gasteiger partial charge on any atom is 0.127 e. The Morgan fingerprint density at radius 3 is 2.47 bits per heavy atom. The molecule has 0 amide bonds. The molecule has 2 N–H and O–H groups in total. The van der Waals surface area contributed by atoms with Gasteiger partial charge < -0.3 is 15.2 Å². The van der Waals surface area contributed by atoms with Gasteiger partial charge in [0.05, 0.1) is 13.7 Å². The molecule has 1 aromatic carbocycles. The van der Waals surface area contributed by atoms with Crippen molar-refractivity contribution in [2.75, 3.05) is 13.7 Å². The first kappa shape index (κ1) is 13.8. The maximum absolute atomic E-state index is 5.92. The molecule has 1 aromatic rings. The highest BCUT2D eigenvalue weighted by Crippen LogP contribution is 2.28. The average Bonchev–Trinajstić information content (AvgIpc) is 2.28. The van der Waals surface area contributed by atoms with E-state index in [2.05, 4.69) is 13.8 Å². The van der Waals surface area contributed by atoms with Crippen LogP contribution in [-0.2, 0) is 0 Å². The molecule has 0 unspecified atom stereocenters. The Morgan fingerprint density at radius 1 is 1.24 bits per heavy atom. The lowest BCUT2D eigenvalue weighted by molar-refractivity contribution is 0.284. The minimum absolute atomic E-state index is 0.0324. The molecule has 17 heavy (non-hydrogen) atoms. The number of hydrogen-bond donors (Lipinski definition) is 1. The summed E-state index contributed by atoms with van der Waals surface area (Å²) in [6.45, 7) is 7.03. The zero-order valence-corrected chi connectivity index (χ0v) is 11.2. The van der Waals surface area contributed by atoms with Crippen molar-refractivity contribution < 1.29 is 9.47 Å².